The Kier molecular flexibility index (Phi) is 5.28. The van der Waals surface area contributed by atoms with Crippen LogP contribution in [0, 0.1) is 5.92 Å². The topological polar surface area (TPSA) is 82.7 Å². The molecule has 25 heavy (non-hydrogen) atoms. The van der Waals surface area contributed by atoms with E-state index >= 15 is 0 Å². The van der Waals surface area contributed by atoms with Crippen molar-refractivity contribution in [2.24, 2.45) is 5.92 Å². The quantitative estimate of drug-likeness (QED) is 0.619. The standard InChI is InChI=1S/C19H23N5O/c1-13(2)9-22-19-23-11-15(12-24-19)18(25)20-8-7-14-10-21-17-6-4-3-5-16(14)17/h3-6,10-13,21H,7-9H2,1-2H3,(H,20,25)(H,22,23,24). The van der Waals surface area contributed by atoms with Crippen molar-refractivity contribution in [3.05, 3.63) is 54.0 Å². The van der Waals surface area contributed by atoms with Gasteiger partial charge in [-0.1, -0.05) is 32.0 Å². The minimum atomic E-state index is -0.157. The Balaban J connectivity index is 1.52. The highest BCUT2D eigenvalue weighted by Gasteiger charge is 2.08. The first-order valence-electron chi connectivity index (χ1n) is 8.52. The van der Waals surface area contributed by atoms with Gasteiger partial charge in [0, 0.05) is 42.6 Å². The molecule has 0 unspecified atom stereocenters. The van der Waals surface area contributed by atoms with E-state index in [1.165, 1.54) is 10.9 Å². The molecule has 0 aliphatic rings. The van der Waals surface area contributed by atoms with E-state index in [0.717, 1.165) is 18.5 Å². The zero-order valence-corrected chi connectivity index (χ0v) is 14.5. The molecule has 3 rings (SSSR count). The number of carbonyl (C=O) groups excluding carboxylic acids is 1. The number of H-pyrrole nitrogens is 1. The van der Waals surface area contributed by atoms with Gasteiger partial charge in [-0.25, -0.2) is 9.97 Å². The summed E-state index contributed by atoms with van der Waals surface area (Å²) in [6.45, 7) is 5.59. The highest BCUT2D eigenvalue weighted by molar-refractivity contribution is 5.93. The fourth-order valence-electron chi connectivity index (χ4n) is 2.58. The maximum Gasteiger partial charge on any atom is 0.254 e. The Morgan fingerprint density at radius 3 is 2.72 bits per heavy atom. The second-order valence-electron chi connectivity index (χ2n) is 6.44. The third-order valence-corrected chi connectivity index (χ3v) is 3.94. The molecule has 6 heteroatoms. The highest BCUT2D eigenvalue weighted by Crippen LogP contribution is 2.17. The number of aromatic amines is 1. The van der Waals surface area contributed by atoms with Crippen molar-refractivity contribution in [1.82, 2.24) is 20.3 Å². The Bertz CT molecular complexity index is 838. The minimum Gasteiger partial charge on any atom is -0.361 e. The van der Waals surface area contributed by atoms with Crippen LogP contribution in [-0.2, 0) is 6.42 Å². The summed E-state index contributed by atoms with van der Waals surface area (Å²) >= 11 is 0. The molecule has 0 bridgehead atoms. The van der Waals surface area contributed by atoms with Crippen LogP contribution in [0.3, 0.4) is 0 Å². The van der Waals surface area contributed by atoms with Crippen LogP contribution in [0.1, 0.15) is 29.8 Å². The van der Waals surface area contributed by atoms with E-state index < -0.39 is 0 Å². The smallest absolute Gasteiger partial charge is 0.254 e. The second kappa shape index (κ2) is 7.79. The maximum absolute atomic E-state index is 12.2. The summed E-state index contributed by atoms with van der Waals surface area (Å²) < 4.78 is 0. The van der Waals surface area contributed by atoms with Gasteiger partial charge in [0.05, 0.1) is 5.56 Å². The lowest BCUT2D eigenvalue weighted by atomic mass is 10.1. The maximum atomic E-state index is 12.2. The summed E-state index contributed by atoms with van der Waals surface area (Å²) in [5, 5.41) is 7.24. The number of para-hydroxylation sites is 1. The predicted molar refractivity (Wildman–Crippen MR) is 99.7 cm³/mol. The van der Waals surface area contributed by atoms with Crippen molar-refractivity contribution in [3.63, 3.8) is 0 Å². The number of hydrogen-bond donors (Lipinski definition) is 3. The van der Waals surface area contributed by atoms with Crippen molar-refractivity contribution in [1.29, 1.82) is 0 Å². The molecule has 2 heterocycles. The summed E-state index contributed by atoms with van der Waals surface area (Å²) in [5.41, 5.74) is 2.77. The van der Waals surface area contributed by atoms with Crippen LogP contribution in [-0.4, -0.2) is 33.9 Å². The lowest BCUT2D eigenvalue weighted by molar-refractivity contribution is 0.0953. The molecule has 130 valence electrons. The van der Waals surface area contributed by atoms with Crippen LogP contribution in [0.4, 0.5) is 5.95 Å². The average Bonchev–Trinajstić information content (AvgIpc) is 3.03. The van der Waals surface area contributed by atoms with E-state index in [0.29, 0.717) is 24.0 Å². The summed E-state index contributed by atoms with van der Waals surface area (Å²) in [4.78, 5) is 23.8. The van der Waals surface area contributed by atoms with E-state index in [2.05, 4.69) is 45.5 Å². The minimum absolute atomic E-state index is 0.157. The first kappa shape index (κ1) is 17.0. The number of nitrogens with one attached hydrogen (secondary N) is 3. The Hall–Kier alpha value is -2.89. The third-order valence-electron chi connectivity index (χ3n) is 3.94. The summed E-state index contributed by atoms with van der Waals surface area (Å²) in [5.74, 6) is 0.899. The largest absolute Gasteiger partial charge is 0.361 e. The molecule has 1 aromatic carbocycles. The molecule has 0 aliphatic carbocycles. The van der Waals surface area contributed by atoms with E-state index in [1.807, 2.05) is 24.4 Å². The lowest BCUT2D eigenvalue weighted by Gasteiger charge is -2.08. The number of carbonyl (C=O) groups is 1. The molecule has 0 saturated carbocycles. The Labute approximate surface area is 147 Å². The summed E-state index contributed by atoms with van der Waals surface area (Å²) in [6, 6.07) is 8.15. The van der Waals surface area contributed by atoms with E-state index in [-0.39, 0.29) is 5.91 Å². The lowest BCUT2D eigenvalue weighted by Crippen LogP contribution is -2.26. The first-order valence-corrected chi connectivity index (χ1v) is 8.52. The molecule has 0 saturated heterocycles. The zero-order chi connectivity index (χ0) is 17.6. The molecule has 0 aliphatic heterocycles. The monoisotopic (exact) mass is 337 g/mol. The fourth-order valence-corrected chi connectivity index (χ4v) is 2.58. The molecule has 0 fully saturated rings. The van der Waals surface area contributed by atoms with E-state index in [1.54, 1.807) is 12.4 Å². The zero-order valence-electron chi connectivity index (χ0n) is 14.5. The molecule has 2 aromatic heterocycles. The van der Waals surface area contributed by atoms with Crippen LogP contribution in [0.15, 0.2) is 42.9 Å². The molecule has 0 spiro atoms. The number of nitrogens with zero attached hydrogens (tertiary/aromatic N) is 2. The van der Waals surface area contributed by atoms with Crippen LogP contribution in [0.25, 0.3) is 10.9 Å². The molecular formula is C19H23N5O. The van der Waals surface area contributed by atoms with Gasteiger partial charge in [0.25, 0.3) is 5.91 Å². The SMILES string of the molecule is CC(C)CNc1ncc(C(=O)NCCc2c[nH]c3ccccc23)cn1. The van der Waals surface area contributed by atoms with Crippen molar-refractivity contribution in [2.75, 3.05) is 18.4 Å². The Morgan fingerprint density at radius 1 is 1.20 bits per heavy atom. The van der Waals surface area contributed by atoms with Crippen LogP contribution in [0.2, 0.25) is 0 Å². The van der Waals surface area contributed by atoms with Crippen molar-refractivity contribution in [2.45, 2.75) is 20.3 Å². The van der Waals surface area contributed by atoms with Gasteiger partial charge in [-0.05, 0) is 24.0 Å². The van der Waals surface area contributed by atoms with Crippen LogP contribution >= 0.6 is 0 Å². The Morgan fingerprint density at radius 2 is 1.96 bits per heavy atom. The molecule has 3 aromatic rings. The third kappa shape index (κ3) is 4.35. The number of benzene rings is 1. The average molecular weight is 337 g/mol. The first-order chi connectivity index (χ1) is 12.1. The van der Waals surface area contributed by atoms with Gasteiger partial charge in [0.1, 0.15) is 0 Å². The number of fused-ring (bicyclic) bond motifs is 1. The molecule has 0 radical (unpaired) electrons. The van der Waals surface area contributed by atoms with Gasteiger partial charge in [0.2, 0.25) is 5.95 Å². The van der Waals surface area contributed by atoms with Gasteiger partial charge in [-0.15, -0.1) is 0 Å². The number of hydrogen-bond acceptors (Lipinski definition) is 4. The molecule has 3 N–H and O–H groups in total. The fraction of sp³-hybridized carbons (Fsp3) is 0.316. The number of aromatic nitrogens is 3. The van der Waals surface area contributed by atoms with Crippen molar-refractivity contribution in [3.8, 4) is 0 Å². The highest BCUT2D eigenvalue weighted by atomic mass is 16.1. The normalized spacial score (nSPS) is 11.0. The van der Waals surface area contributed by atoms with E-state index in [4.69, 9.17) is 0 Å². The van der Waals surface area contributed by atoms with Crippen LogP contribution in [0.5, 0.6) is 0 Å². The number of rotatable bonds is 7. The van der Waals surface area contributed by atoms with Gasteiger partial charge in [0.15, 0.2) is 0 Å². The van der Waals surface area contributed by atoms with Crippen molar-refractivity contribution < 1.29 is 4.79 Å². The van der Waals surface area contributed by atoms with Crippen molar-refractivity contribution >= 4 is 22.8 Å². The molecule has 0 atom stereocenters. The van der Waals surface area contributed by atoms with Gasteiger partial charge < -0.3 is 15.6 Å². The van der Waals surface area contributed by atoms with Gasteiger partial charge >= 0.3 is 0 Å². The summed E-state index contributed by atoms with van der Waals surface area (Å²) in [7, 11) is 0. The summed E-state index contributed by atoms with van der Waals surface area (Å²) in [6.07, 6.45) is 5.87. The van der Waals surface area contributed by atoms with Gasteiger partial charge in [-0.2, -0.15) is 0 Å². The van der Waals surface area contributed by atoms with E-state index in [9.17, 15) is 4.79 Å². The van der Waals surface area contributed by atoms with Crippen LogP contribution < -0.4 is 10.6 Å². The predicted octanol–water partition coefficient (Wildman–Crippen LogP) is 3.00. The molecular weight excluding hydrogens is 314 g/mol. The molecule has 1 amide bonds. The second-order valence-corrected chi connectivity index (χ2v) is 6.44. The number of anilines is 1. The number of amides is 1. The molecule has 6 nitrogen and oxygen atoms in total. The van der Waals surface area contributed by atoms with Gasteiger partial charge in [-0.3, -0.25) is 4.79 Å².